The van der Waals surface area contributed by atoms with E-state index < -0.39 is 6.04 Å². The lowest BCUT2D eigenvalue weighted by Crippen LogP contribution is -2.43. The largest absolute Gasteiger partial charge is 0.347 e. The van der Waals surface area contributed by atoms with Crippen LogP contribution in [0, 0.1) is 5.82 Å². The first-order valence-electron chi connectivity index (χ1n) is 8.75. The molecular formula is C20H20FN5O2. The van der Waals surface area contributed by atoms with Gasteiger partial charge in [0.1, 0.15) is 17.7 Å². The average molecular weight is 381 g/mol. The van der Waals surface area contributed by atoms with Gasteiger partial charge in [-0.05, 0) is 31.2 Å². The monoisotopic (exact) mass is 381 g/mol. The lowest BCUT2D eigenvalue weighted by molar-refractivity contribution is -0.127. The highest BCUT2D eigenvalue weighted by Crippen LogP contribution is 2.29. The minimum absolute atomic E-state index is 0.123. The first-order chi connectivity index (χ1) is 13.4. The van der Waals surface area contributed by atoms with Gasteiger partial charge < -0.3 is 15.6 Å². The molecule has 1 atom stereocenters. The Balaban J connectivity index is 1.87. The van der Waals surface area contributed by atoms with E-state index in [1.807, 2.05) is 12.1 Å². The molecular weight excluding hydrogens is 361 g/mol. The van der Waals surface area contributed by atoms with E-state index in [2.05, 4.69) is 25.6 Å². The van der Waals surface area contributed by atoms with Crippen LogP contribution in [0.4, 0.5) is 4.39 Å². The number of nitrogens with zero attached hydrogens (tertiary/aromatic N) is 2. The molecule has 144 valence electrons. The van der Waals surface area contributed by atoms with Crippen LogP contribution in [0.25, 0.3) is 22.6 Å². The van der Waals surface area contributed by atoms with Gasteiger partial charge in [0.25, 0.3) is 0 Å². The van der Waals surface area contributed by atoms with E-state index in [9.17, 15) is 14.0 Å². The molecule has 3 rings (SSSR count). The van der Waals surface area contributed by atoms with E-state index in [0.29, 0.717) is 28.5 Å². The van der Waals surface area contributed by atoms with Gasteiger partial charge >= 0.3 is 0 Å². The third-order valence-corrected chi connectivity index (χ3v) is 4.02. The van der Waals surface area contributed by atoms with Crippen molar-refractivity contribution in [2.45, 2.75) is 26.4 Å². The van der Waals surface area contributed by atoms with Gasteiger partial charge in [0.2, 0.25) is 11.8 Å². The number of halogens is 1. The fourth-order valence-corrected chi connectivity index (χ4v) is 2.74. The van der Waals surface area contributed by atoms with Crippen molar-refractivity contribution in [2.75, 3.05) is 0 Å². The fraction of sp³-hybridized carbons (Fsp3) is 0.200. The Kier molecular flexibility index (Phi) is 5.78. The number of hydrogen-bond acceptors (Lipinski definition) is 4. The quantitative estimate of drug-likeness (QED) is 0.610. The first kappa shape index (κ1) is 19.2. The lowest BCUT2D eigenvalue weighted by Gasteiger charge is -2.11. The Hall–Kier alpha value is -3.55. The summed E-state index contributed by atoms with van der Waals surface area (Å²) in [5, 5.41) is 5.24. The second-order valence-electron chi connectivity index (χ2n) is 6.27. The molecule has 2 heterocycles. The van der Waals surface area contributed by atoms with E-state index in [-0.39, 0.29) is 24.2 Å². The van der Waals surface area contributed by atoms with Crippen LogP contribution in [0.5, 0.6) is 0 Å². The number of H-pyrrole nitrogens is 1. The second kappa shape index (κ2) is 8.43. The highest BCUT2D eigenvalue weighted by atomic mass is 19.1. The third-order valence-electron chi connectivity index (χ3n) is 4.02. The summed E-state index contributed by atoms with van der Waals surface area (Å²) in [5.74, 6) is -0.500. The molecule has 2 aromatic heterocycles. The summed E-state index contributed by atoms with van der Waals surface area (Å²) in [5.41, 5.74) is 2.42. The molecule has 0 saturated heterocycles. The molecule has 0 fully saturated rings. The number of benzene rings is 1. The van der Waals surface area contributed by atoms with Gasteiger partial charge in [-0.1, -0.05) is 18.2 Å². The Morgan fingerprint density at radius 1 is 1.21 bits per heavy atom. The van der Waals surface area contributed by atoms with E-state index in [1.54, 1.807) is 31.3 Å². The number of aromatic nitrogens is 3. The predicted octanol–water partition coefficient (Wildman–Crippen LogP) is 2.42. The maximum Gasteiger partial charge on any atom is 0.242 e. The molecule has 2 amide bonds. The number of rotatable bonds is 6. The molecule has 0 spiro atoms. The lowest BCUT2D eigenvalue weighted by atomic mass is 10.1. The number of hydrogen-bond donors (Lipinski definition) is 3. The van der Waals surface area contributed by atoms with Gasteiger partial charge in [-0.3, -0.25) is 14.6 Å². The summed E-state index contributed by atoms with van der Waals surface area (Å²) in [6.45, 7) is 3.06. The van der Waals surface area contributed by atoms with Crippen LogP contribution in [0.1, 0.15) is 19.7 Å². The molecule has 0 aliphatic rings. The highest BCUT2D eigenvalue weighted by Gasteiger charge is 2.17. The maximum atomic E-state index is 13.7. The van der Waals surface area contributed by atoms with Gasteiger partial charge in [-0.2, -0.15) is 0 Å². The van der Waals surface area contributed by atoms with Crippen molar-refractivity contribution < 1.29 is 14.0 Å². The van der Waals surface area contributed by atoms with Crippen molar-refractivity contribution in [1.29, 1.82) is 0 Å². The summed E-state index contributed by atoms with van der Waals surface area (Å²) >= 11 is 0. The zero-order valence-electron chi connectivity index (χ0n) is 15.5. The SMILES string of the molecule is CC(=O)N[C@@H](C)C(=O)NCc1nc(-c2cccc(F)c2)c(-c2ccccn2)[nH]1. The van der Waals surface area contributed by atoms with Crippen LogP contribution in [-0.2, 0) is 16.1 Å². The summed E-state index contributed by atoms with van der Waals surface area (Å²) in [7, 11) is 0. The zero-order valence-corrected chi connectivity index (χ0v) is 15.5. The molecule has 0 bridgehead atoms. The number of imidazole rings is 1. The number of carbonyl (C=O) groups excluding carboxylic acids is 2. The molecule has 7 nitrogen and oxygen atoms in total. The van der Waals surface area contributed by atoms with Crippen molar-refractivity contribution in [3.05, 3.63) is 60.3 Å². The summed E-state index contributed by atoms with van der Waals surface area (Å²) in [6, 6.07) is 10.9. The van der Waals surface area contributed by atoms with Gasteiger partial charge in [0.05, 0.1) is 23.6 Å². The van der Waals surface area contributed by atoms with Gasteiger partial charge in [0, 0.05) is 18.7 Å². The molecule has 1 aromatic carbocycles. The van der Waals surface area contributed by atoms with Crippen LogP contribution in [-0.4, -0.2) is 32.8 Å². The molecule has 3 N–H and O–H groups in total. The Morgan fingerprint density at radius 2 is 2.04 bits per heavy atom. The Bertz CT molecular complexity index is 987. The summed E-state index contributed by atoms with van der Waals surface area (Å²) in [4.78, 5) is 35.2. The number of pyridine rings is 1. The summed E-state index contributed by atoms with van der Waals surface area (Å²) < 4.78 is 13.7. The van der Waals surface area contributed by atoms with Crippen LogP contribution in [0.3, 0.4) is 0 Å². The average Bonchev–Trinajstić information content (AvgIpc) is 3.10. The standard InChI is InChI=1S/C20H20FN5O2/c1-12(24-13(2)27)20(28)23-11-17-25-18(14-6-5-7-15(21)10-14)19(26-17)16-8-3-4-9-22-16/h3-10,12H,11H2,1-2H3,(H,23,28)(H,24,27)(H,25,26)/t12-/m0/s1. The second-order valence-corrected chi connectivity index (χ2v) is 6.27. The molecule has 0 saturated carbocycles. The third kappa shape index (κ3) is 4.59. The molecule has 3 aromatic rings. The van der Waals surface area contributed by atoms with Gasteiger partial charge in [0.15, 0.2) is 0 Å². The van der Waals surface area contributed by atoms with Crippen molar-refractivity contribution in [3.8, 4) is 22.6 Å². The fourth-order valence-electron chi connectivity index (χ4n) is 2.74. The number of amides is 2. The van der Waals surface area contributed by atoms with Gasteiger partial charge in [-0.25, -0.2) is 9.37 Å². The van der Waals surface area contributed by atoms with E-state index in [0.717, 1.165) is 0 Å². The smallest absolute Gasteiger partial charge is 0.242 e. The number of carbonyl (C=O) groups is 2. The Morgan fingerprint density at radius 3 is 2.71 bits per heavy atom. The summed E-state index contributed by atoms with van der Waals surface area (Å²) in [6.07, 6.45) is 1.65. The Labute approximate surface area is 161 Å². The maximum absolute atomic E-state index is 13.7. The van der Waals surface area contributed by atoms with Crippen molar-refractivity contribution in [1.82, 2.24) is 25.6 Å². The highest BCUT2D eigenvalue weighted by molar-refractivity contribution is 5.86. The number of nitrogens with one attached hydrogen (secondary N) is 3. The first-order valence-corrected chi connectivity index (χ1v) is 8.75. The van der Waals surface area contributed by atoms with E-state index >= 15 is 0 Å². The van der Waals surface area contributed by atoms with Crippen molar-refractivity contribution in [3.63, 3.8) is 0 Å². The molecule has 0 aliphatic heterocycles. The molecule has 28 heavy (non-hydrogen) atoms. The van der Waals surface area contributed by atoms with Crippen molar-refractivity contribution >= 4 is 11.8 Å². The molecule has 0 aliphatic carbocycles. The van der Waals surface area contributed by atoms with Crippen LogP contribution in [0.15, 0.2) is 48.7 Å². The normalized spacial score (nSPS) is 11.7. The molecule has 8 heteroatoms. The number of aromatic amines is 1. The topological polar surface area (TPSA) is 99.8 Å². The van der Waals surface area contributed by atoms with E-state index in [1.165, 1.54) is 19.1 Å². The minimum atomic E-state index is -0.662. The van der Waals surface area contributed by atoms with Crippen LogP contribution < -0.4 is 10.6 Å². The van der Waals surface area contributed by atoms with Crippen LogP contribution >= 0.6 is 0 Å². The van der Waals surface area contributed by atoms with Gasteiger partial charge in [-0.15, -0.1) is 0 Å². The molecule has 0 unspecified atom stereocenters. The van der Waals surface area contributed by atoms with Crippen LogP contribution in [0.2, 0.25) is 0 Å². The minimum Gasteiger partial charge on any atom is -0.347 e. The zero-order chi connectivity index (χ0) is 20.1. The van der Waals surface area contributed by atoms with Crippen molar-refractivity contribution in [2.24, 2.45) is 0 Å². The van der Waals surface area contributed by atoms with E-state index in [4.69, 9.17) is 0 Å². The molecule has 0 radical (unpaired) electrons. The predicted molar refractivity (Wildman–Crippen MR) is 102 cm³/mol.